The number of aromatic nitrogens is 4. The van der Waals surface area contributed by atoms with Crippen LogP contribution in [0.4, 0.5) is 5.95 Å². The topological polar surface area (TPSA) is 75.3 Å². The predicted octanol–water partition coefficient (Wildman–Crippen LogP) is 1.09. The molecule has 6 heteroatoms. The monoisotopic (exact) mass is 247 g/mol. The number of aliphatic hydroxyl groups is 1. The van der Waals surface area contributed by atoms with Gasteiger partial charge in [-0.05, 0) is 18.8 Å². The molecule has 6 nitrogen and oxygen atoms in total. The number of fused-ring (bicyclic) bond motifs is 1. The Kier molecular flexibility index (Phi) is 2.87. The maximum absolute atomic E-state index is 9.92. The van der Waals surface area contributed by atoms with Gasteiger partial charge in [-0.3, -0.25) is 0 Å². The van der Waals surface area contributed by atoms with Crippen LogP contribution in [0.25, 0.3) is 5.65 Å². The molecule has 3 atom stereocenters. The number of anilines is 1. The first-order valence-corrected chi connectivity index (χ1v) is 6.37. The molecule has 1 saturated carbocycles. The summed E-state index contributed by atoms with van der Waals surface area (Å²) < 4.78 is 1.69. The van der Waals surface area contributed by atoms with Crippen LogP contribution < -0.4 is 5.32 Å². The molecule has 3 rings (SSSR count). The van der Waals surface area contributed by atoms with Gasteiger partial charge in [-0.1, -0.05) is 13.3 Å². The van der Waals surface area contributed by atoms with Gasteiger partial charge in [0.25, 0.3) is 0 Å². The van der Waals surface area contributed by atoms with E-state index in [-0.39, 0.29) is 12.1 Å². The van der Waals surface area contributed by atoms with Crippen LogP contribution in [0.15, 0.2) is 18.6 Å². The lowest BCUT2D eigenvalue weighted by atomic mass is 10.0. The fraction of sp³-hybridized carbons (Fsp3) is 0.583. The molecule has 2 heterocycles. The molecule has 96 valence electrons. The van der Waals surface area contributed by atoms with E-state index in [2.05, 4.69) is 27.3 Å². The van der Waals surface area contributed by atoms with Crippen molar-refractivity contribution in [2.45, 2.75) is 38.3 Å². The molecule has 2 aromatic rings. The molecule has 0 bridgehead atoms. The average molecular weight is 247 g/mol. The van der Waals surface area contributed by atoms with Crippen LogP contribution in [0.5, 0.6) is 0 Å². The van der Waals surface area contributed by atoms with E-state index < -0.39 is 0 Å². The third-order valence-corrected chi connectivity index (χ3v) is 3.71. The molecule has 0 saturated heterocycles. The Morgan fingerprint density at radius 1 is 1.44 bits per heavy atom. The van der Waals surface area contributed by atoms with E-state index in [1.807, 2.05) is 6.07 Å². The highest BCUT2D eigenvalue weighted by Gasteiger charge is 2.32. The minimum atomic E-state index is -0.206. The Balaban J connectivity index is 1.79. The van der Waals surface area contributed by atoms with Crippen molar-refractivity contribution in [3.8, 4) is 0 Å². The van der Waals surface area contributed by atoms with Gasteiger partial charge in [-0.15, -0.1) is 0 Å². The molecule has 0 radical (unpaired) electrons. The Morgan fingerprint density at radius 2 is 2.33 bits per heavy atom. The molecule has 0 unspecified atom stereocenters. The summed E-state index contributed by atoms with van der Waals surface area (Å²) in [6, 6.07) is 2.10. The molecule has 1 aliphatic rings. The molecule has 1 fully saturated rings. The zero-order valence-electron chi connectivity index (χ0n) is 10.3. The quantitative estimate of drug-likeness (QED) is 0.849. The third-order valence-electron chi connectivity index (χ3n) is 3.71. The normalized spacial score (nSPS) is 27.8. The van der Waals surface area contributed by atoms with Crippen molar-refractivity contribution in [1.82, 2.24) is 19.6 Å². The SMILES string of the molecule is CC[C@H]1C[C@@H](Nc2ncnc3ccnn23)C[C@@H]1O. The van der Waals surface area contributed by atoms with E-state index in [1.165, 1.54) is 6.33 Å². The summed E-state index contributed by atoms with van der Waals surface area (Å²) in [5.74, 6) is 1.08. The van der Waals surface area contributed by atoms with Crippen LogP contribution >= 0.6 is 0 Å². The number of aliphatic hydroxyl groups excluding tert-OH is 1. The van der Waals surface area contributed by atoms with Crippen molar-refractivity contribution in [3.05, 3.63) is 18.6 Å². The van der Waals surface area contributed by atoms with Gasteiger partial charge < -0.3 is 10.4 Å². The zero-order chi connectivity index (χ0) is 12.5. The van der Waals surface area contributed by atoms with Crippen molar-refractivity contribution in [3.63, 3.8) is 0 Å². The van der Waals surface area contributed by atoms with Crippen molar-refractivity contribution in [2.24, 2.45) is 5.92 Å². The highest BCUT2D eigenvalue weighted by Crippen LogP contribution is 2.30. The molecule has 0 spiro atoms. The predicted molar refractivity (Wildman–Crippen MR) is 67.2 cm³/mol. The summed E-state index contributed by atoms with van der Waals surface area (Å²) in [6.45, 7) is 2.12. The van der Waals surface area contributed by atoms with E-state index in [0.717, 1.165) is 24.9 Å². The Bertz CT molecular complexity index is 540. The van der Waals surface area contributed by atoms with Gasteiger partial charge in [0, 0.05) is 12.1 Å². The maximum atomic E-state index is 9.92. The van der Waals surface area contributed by atoms with E-state index in [1.54, 1.807) is 10.7 Å². The largest absolute Gasteiger partial charge is 0.393 e. The summed E-state index contributed by atoms with van der Waals surface area (Å²) in [6.07, 6.45) is 5.79. The van der Waals surface area contributed by atoms with Crippen molar-refractivity contribution in [1.29, 1.82) is 0 Å². The second-order valence-electron chi connectivity index (χ2n) is 4.85. The number of hydrogen-bond acceptors (Lipinski definition) is 5. The van der Waals surface area contributed by atoms with Crippen LogP contribution in [0.3, 0.4) is 0 Å². The van der Waals surface area contributed by atoms with E-state index in [9.17, 15) is 5.11 Å². The molecular weight excluding hydrogens is 230 g/mol. The summed E-state index contributed by atoms with van der Waals surface area (Å²) in [5.41, 5.74) is 0.776. The summed E-state index contributed by atoms with van der Waals surface area (Å²) >= 11 is 0. The fourth-order valence-corrected chi connectivity index (χ4v) is 2.70. The van der Waals surface area contributed by atoms with Gasteiger partial charge in [0.2, 0.25) is 5.95 Å². The summed E-state index contributed by atoms with van der Waals surface area (Å²) in [4.78, 5) is 8.34. The summed E-state index contributed by atoms with van der Waals surface area (Å²) in [5, 5.41) is 17.5. The lowest BCUT2D eigenvalue weighted by Gasteiger charge is -2.13. The first-order chi connectivity index (χ1) is 8.78. The highest BCUT2D eigenvalue weighted by atomic mass is 16.3. The van der Waals surface area contributed by atoms with Crippen LogP contribution in [0.2, 0.25) is 0 Å². The first kappa shape index (κ1) is 11.4. The molecule has 2 aromatic heterocycles. The Hall–Kier alpha value is -1.69. The lowest BCUT2D eigenvalue weighted by Crippen LogP contribution is -2.20. The smallest absolute Gasteiger partial charge is 0.227 e. The molecule has 0 aliphatic heterocycles. The second-order valence-corrected chi connectivity index (χ2v) is 4.85. The van der Waals surface area contributed by atoms with E-state index in [0.29, 0.717) is 11.9 Å². The Labute approximate surface area is 105 Å². The van der Waals surface area contributed by atoms with Gasteiger partial charge >= 0.3 is 0 Å². The molecular formula is C12H17N5O. The second kappa shape index (κ2) is 4.53. The van der Waals surface area contributed by atoms with Crippen LogP contribution in [0.1, 0.15) is 26.2 Å². The van der Waals surface area contributed by atoms with Crippen molar-refractivity contribution >= 4 is 11.6 Å². The van der Waals surface area contributed by atoms with Gasteiger partial charge in [-0.25, -0.2) is 9.97 Å². The average Bonchev–Trinajstić information content (AvgIpc) is 2.96. The molecule has 0 amide bonds. The molecule has 1 aliphatic carbocycles. The van der Waals surface area contributed by atoms with Gasteiger partial charge in [0.1, 0.15) is 6.33 Å². The number of nitrogens with zero attached hydrogens (tertiary/aromatic N) is 4. The standard InChI is InChI=1S/C12H17N5O/c1-2-8-5-9(6-10(8)18)16-12-14-7-13-11-3-4-15-17(11)12/h3-4,7-10,18H,2,5-6H2,1H3,(H,13,14,16)/t8-,9+,10-/m0/s1. The first-order valence-electron chi connectivity index (χ1n) is 6.37. The van der Waals surface area contributed by atoms with Crippen LogP contribution in [0, 0.1) is 5.92 Å². The number of rotatable bonds is 3. The van der Waals surface area contributed by atoms with Crippen molar-refractivity contribution in [2.75, 3.05) is 5.32 Å². The molecule has 18 heavy (non-hydrogen) atoms. The summed E-state index contributed by atoms with van der Waals surface area (Å²) in [7, 11) is 0. The van der Waals surface area contributed by atoms with Gasteiger partial charge in [-0.2, -0.15) is 9.61 Å². The van der Waals surface area contributed by atoms with Crippen LogP contribution in [-0.4, -0.2) is 36.8 Å². The van der Waals surface area contributed by atoms with Gasteiger partial charge in [0.15, 0.2) is 5.65 Å². The van der Waals surface area contributed by atoms with E-state index >= 15 is 0 Å². The Morgan fingerprint density at radius 3 is 3.11 bits per heavy atom. The van der Waals surface area contributed by atoms with E-state index in [4.69, 9.17) is 0 Å². The fourth-order valence-electron chi connectivity index (χ4n) is 2.70. The van der Waals surface area contributed by atoms with Gasteiger partial charge in [0.05, 0.1) is 12.3 Å². The minimum absolute atomic E-state index is 0.206. The number of hydrogen-bond donors (Lipinski definition) is 2. The highest BCUT2D eigenvalue weighted by molar-refractivity contribution is 5.42. The maximum Gasteiger partial charge on any atom is 0.227 e. The number of nitrogens with one attached hydrogen (secondary N) is 1. The van der Waals surface area contributed by atoms with Crippen LogP contribution in [-0.2, 0) is 0 Å². The lowest BCUT2D eigenvalue weighted by molar-refractivity contribution is 0.130. The third kappa shape index (κ3) is 1.92. The zero-order valence-corrected chi connectivity index (χ0v) is 10.3. The molecule has 2 N–H and O–H groups in total. The molecule has 0 aromatic carbocycles. The minimum Gasteiger partial charge on any atom is -0.393 e. The van der Waals surface area contributed by atoms with Crippen molar-refractivity contribution < 1.29 is 5.11 Å².